The summed E-state index contributed by atoms with van der Waals surface area (Å²) in [7, 11) is -1.42. The molecule has 0 atom stereocenters. The Labute approximate surface area is 179 Å². The molecule has 12 heteroatoms. The van der Waals surface area contributed by atoms with E-state index in [2.05, 4.69) is 0 Å². The van der Waals surface area contributed by atoms with Gasteiger partial charge in [-0.25, -0.2) is 0 Å². The molecule has 172 valence electrons. The van der Waals surface area contributed by atoms with Crippen LogP contribution in [0, 0.1) is 0 Å². The molecule has 0 heterocycles. The lowest BCUT2D eigenvalue weighted by Crippen LogP contribution is -2.36. The number of alkyl halides is 6. The molecule has 0 saturated carbocycles. The SMILES string of the molecule is F[B-](F)(F)c1cc(C(F)(F)F)cc(C(F)(F)F)c1.O=[SH+](c1ccccc1)c1ccccc1. The van der Waals surface area contributed by atoms with Gasteiger partial charge in [-0.05, 0) is 30.3 Å². The molecule has 1 nitrogen and oxygen atoms in total. The van der Waals surface area contributed by atoms with Crippen molar-refractivity contribution < 1.29 is 43.5 Å². The standard InChI is InChI=1S/C12H10OS.C8H3BF9/c13-14(11-7-3-1-4-8-11)12-9-5-2-6-10-12;10-7(11,12)4-1-5(8(13,14)15)3-6(2-4)9(16,17)18/h1-10H;1-3H/q;-1/p+1. The van der Waals surface area contributed by atoms with Crippen LogP contribution in [0.4, 0.5) is 39.3 Å². The quantitative estimate of drug-likeness (QED) is 0.178. The Hall–Kier alpha value is -2.76. The van der Waals surface area contributed by atoms with Crippen molar-refractivity contribution in [2.75, 3.05) is 0 Å². The highest BCUT2D eigenvalue weighted by atomic mass is 32.2. The lowest BCUT2D eigenvalue weighted by Gasteiger charge is -2.19. The van der Waals surface area contributed by atoms with Crippen molar-refractivity contribution in [2.24, 2.45) is 0 Å². The summed E-state index contributed by atoms with van der Waals surface area (Å²) in [5.74, 6) is 0. The first-order valence-corrected chi connectivity index (χ1v) is 10.0. The zero-order valence-electron chi connectivity index (χ0n) is 15.8. The lowest BCUT2D eigenvalue weighted by molar-refractivity contribution is -0.142. The molecule has 0 N–H and O–H groups in total. The first-order valence-electron chi connectivity index (χ1n) is 8.76. The fourth-order valence-corrected chi connectivity index (χ4v) is 3.63. The topological polar surface area (TPSA) is 17.1 Å². The van der Waals surface area contributed by atoms with Gasteiger partial charge in [-0.15, -0.1) is 5.46 Å². The van der Waals surface area contributed by atoms with Crippen molar-refractivity contribution in [2.45, 2.75) is 22.1 Å². The molecule has 0 unspecified atom stereocenters. The van der Waals surface area contributed by atoms with Crippen molar-refractivity contribution in [3.8, 4) is 0 Å². The Morgan fingerprint density at radius 1 is 0.594 bits per heavy atom. The van der Waals surface area contributed by atoms with Crippen molar-refractivity contribution in [3.05, 3.63) is 90.0 Å². The third kappa shape index (κ3) is 7.15. The van der Waals surface area contributed by atoms with E-state index >= 15 is 0 Å². The highest BCUT2D eigenvalue weighted by molar-refractivity contribution is 7.85. The minimum absolute atomic E-state index is 0.338. The summed E-state index contributed by atoms with van der Waals surface area (Å²) in [6.07, 6.45) is -10.6. The summed E-state index contributed by atoms with van der Waals surface area (Å²) >= 11 is 0. The summed E-state index contributed by atoms with van der Waals surface area (Å²) < 4.78 is 122. The van der Waals surface area contributed by atoms with E-state index in [-0.39, 0.29) is 18.2 Å². The zero-order valence-corrected chi connectivity index (χ0v) is 16.7. The van der Waals surface area contributed by atoms with Crippen molar-refractivity contribution in [3.63, 3.8) is 0 Å². The Morgan fingerprint density at radius 3 is 1.22 bits per heavy atom. The van der Waals surface area contributed by atoms with Crippen LogP contribution in [-0.4, -0.2) is 6.98 Å². The number of hydrogen-bond donors (Lipinski definition) is 0. The van der Waals surface area contributed by atoms with Gasteiger partial charge in [0.25, 0.3) is 0 Å². The van der Waals surface area contributed by atoms with Crippen LogP contribution < -0.4 is 5.46 Å². The summed E-state index contributed by atoms with van der Waals surface area (Å²) in [4.78, 5) is 1.77. The van der Waals surface area contributed by atoms with Crippen molar-refractivity contribution >= 4 is 23.2 Å². The fraction of sp³-hybridized carbons (Fsp3) is 0.100. The van der Waals surface area contributed by atoms with Gasteiger partial charge in [0.05, 0.1) is 11.1 Å². The molecule has 3 aromatic rings. The first kappa shape index (κ1) is 25.5. The molecule has 0 amide bonds. The second-order valence-electron chi connectivity index (χ2n) is 6.38. The van der Waals surface area contributed by atoms with Crippen LogP contribution >= 0.6 is 0 Å². The zero-order chi connectivity index (χ0) is 24.2. The molecule has 0 aliphatic heterocycles. The molecule has 0 radical (unpaired) electrons. The van der Waals surface area contributed by atoms with Crippen LogP contribution in [0.1, 0.15) is 11.1 Å². The molecule has 0 aliphatic rings. The Kier molecular flexibility index (Phi) is 7.81. The molecule has 0 saturated heterocycles. The molecule has 0 fully saturated rings. The number of halogens is 9. The van der Waals surface area contributed by atoms with Gasteiger partial charge in [-0.3, -0.25) is 0 Å². The van der Waals surface area contributed by atoms with Gasteiger partial charge in [0.15, 0.2) is 9.79 Å². The molecule has 0 bridgehead atoms. The van der Waals surface area contributed by atoms with E-state index in [1.807, 2.05) is 60.7 Å². The minimum Gasteiger partial charge on any atom is -0.445 e. The van der Waals surface area contributed by atoms with E-state index in [9.17, 15) is 43.5 Å². The fourth-order valence-electron chi connectivity index (χ4n) is 2.44. The van der Waals surface area contributed by atoms with Crippen LogP contribution in [0.5, 0.6) is 0 Å². The maximum atomic E-state index is 12.3. The van der Waals surface area contributed by atoms with Crippen molar-refractivity contribution in [1.29, 1.82) is 0 Å². The van der Waals surface area contributed by atoms with Crippen LogP contribution in [0.25, 0.3) is 0 Å². The third-order valence-corrected chi connectivity index (χ3v) is 5.50. The molecule has 0 aromatic heterocycles. The smallest absolute Gasteiger partial charge is 0.445 e. The van der Waals surface area contributed by atoms with Crippen molar-refractivity contribution in [1.82, 2.24) is 0 Å². The van der Waals surface area contributed by atoms with Gasteiger partial charge in [-0.1, -0.05) is 52.7 Å². The predicted molar refractivity (Wildman–Crippen MR) is 104 cm³/mol. The summed E-state index contributed by atoms with van der Waals surface area (Å²) in [6, 6.07) is 18.0. The predicted octanol–water partition coefficient (Wildman–Crippen LogP) is 6.58. The van der Waals surface area contributed by atoms with E-state index in [0.717, 1.165) is 9.79 Å². The van der Waals surface area contributed by atoms with Gasteiger partial charge >= 0.3 is 19.3 Å². The molecule has 32 heavy (non-hydrogen) atoms. The van der Waals surface area contributed by atoms with Crippen LogP contribution in [0.15, 0.2) is 88.7 Å². The Morgan fingerprint density at radius 2 is 0.938 bits per heavy atom. The maximum absolute atomic E-state index is 12.3. The minimum atomic E-state index is -5.95. The molecule has 3 aromatic carbocycles. The molecular weight excluding hydrogens is 470 g/mol. The summed E-state index contributed by atoms with van der Waals surface area (Å²) in [5, 5.41) is 0. The lowest BCUT2D eigenvalue weighted by atomic mass is 9.78. The normalized spacial score (nSPS) is 12.3. The second kappa shape index (κ2) is 9.80. The molecule has 3 rings (SSSR count). The maximum Gasteiger partial charge on any atom is 0.509 e. The number of thiol groups is 1. The van der Waals surface area contributed by atoms with Gasteiger partial charge < -0.3 is 12.9 Å². The highest BCUT2D eigenvalue weighted by Crippen LogP contribution is 2.35. The van der Waals surface area contributed by atoms with Gasteiger partial charge in [-0.2, -0.15) is 26.3 Å². The van der Waals surface area contributed by atoms with Crippen LogP contribution in [0.2, 0.25) is 0 Å². The molecule has 0 spiro atoms. The van der Waals surface area contributed by atoms with E-state index in [1.165, 1.54) is 0 Å². The first-order chi connectivity index (χ1) is 14.7. The third-order valence-electron chi connectivity index (χ3n) is 3.97. The highest BCUT2D eigenvalue weighted by Gasteiger charge is 2.39. The average molecular weight is 484 g/mol. The van der Waals surface area contributed by atoms with E-state index in [0.29, 0.717) is 0 Å². The number of rotatable bonds is 3. The van der Waals surface area contributed by atoms with E-state index < -0.39 is 46.7 Å². The van der Waals surface area contributed by atoms with E-state index in [1.54, 1.807) is 0 Å². The Balaban J connectivity index is 0.000000233. The van der Waals surface area contributed by atoms with Crippen LogP contribution in [0.3, 0.4) is 0 Å². The summed E-state index contributed by atoms with van der Waals surface area (Å²) in [6.45, 7) is -5.95. The van der Waals surface area contributed by atoms with Gasteiger partial charge in [0, 0.05) is 0 Å². The number of hydrogen-bond acceptors (Lipinski definition) is 1. The molecular formula is C20H14BF9OS. The molecule has 0 aliphatic carbocycles. The van der Waals surface area contributed by atoms with Crippen LogP contribution in [-0.2, 0) is 27.4 Å². The van der Waals surface area contributed by atoms with Gasteiger partial charge in [0.1, 0.15) is 10.8 Å². The summed E-state index contributed by atoms with van der Waals surface area (Å²) in [5.41, 5.74) is -5.89. The largest absolute Gasteiger partial charge is 0.509 e. The second-order valence-corrected chi connectivity index (χ2v) is 8.00. The average Bonchev–Trinajstić information content (AvgIpc) is 2.73. The van der Waals surface area contributed by atoms with E-state index in [4.69, 9.17) is 0 Å². The number of benzene rings is 3. The Bertz CT molecular complexity index is 926. The van der Waals surface area contributed by atoms with Gasteiger partial charge in [0.2, 0.25) is 0 Å². The monoisotopic (exact) mass is 484 g/mol.